The first-order valence-corrected chi connectivity index (χ1v) is 13.4. The number of rotatable bonds is 4. The van der Waals surface area contributed by atoms with E-state index in [1.807, 2.05) is 0 Å². The number of amides is 3. The predicted octanol–water partition coefficient (Wildman–Crippen LogP) is 5.07. The molecule has 2 aromatic rings. The van der Waals surface area contributed by atoms with Crippen LogP contribution in [0.15, 0.2) is 11.4 Å². The molecule has 13 heteroatoms. The van der Waals surface area contributed by atoms with Crippen molar-refractivity contribution in [2.45, 2.75) is 77.8 Å². The number of ether oxygens (including phenoxy) is 3. The predicted molar refractivity (Wildman–Crippen MR) is 140 cm³/mol. The number of thiophene rings is 1. The van der Waals surface area contributed by atoms with Gasteiger partial charge in [0.05, 0.1) is 41.4 Å². The lowest BCUT2D eigenvalue weighted by Crippen LogP contribution is -2.53. The molecule has 2 atom stereocenters. The van der Waals surface area contributed by atoms with Gasteiger partial charge in [0.15, 0.2) is 11.6 Å². The summed E-state index contributed by atoms with van der Waals surface area (Å²) in [5.74, 6) is -2.34. The van der Waals surface area contributed by atoms with Gasteiger partial charge in [0.25, 0.3) is 5.91 Å². The third kappa shape index (κ3) is 6.64. The first kappa shape index (κ1) is 28.7. The third-order valence-electron chi connectivity index (χ3n) is 5.81. The standard InChI is InChI=1S/C26H32F2N4O6S/c1-25(2,3)37-23(34)30-16-11-36-8-7-15(16)29-21-19(28)14-10-32(24(35)38-26(4,5)6)22(33)18(14)20(31-21)17-9-13(27)12-39-17/h9,12,15-16H,7-8,10-11H2,1-6H3,(H,29,31)(H,30,34)/t15-,16+/m1/s1. The maximum absolute atomic E-state index is 15.9. The molecule has 0 aromatic carbocycles. The summed E-state index contributed by atoms with van der Waals surface area (Å²) >= 11 is 0.997. The van der Waals surface area contributed by atoms with E-state index in [0.717, 1.165) is 16.2 Å². The van der Waals surface area contributed by atoms with Gasteiger partial charge in [-0.15, -0.1) is 11.3 Å². The smallest absolute Gasteiger partial charge is 0.417 e. The Morgan fingerprint density at radius 3 is 2.44 bits per heavy atom. The van der Waals surface area contributed by atoms with Gasteiger partial charge >= 0.3 is 12.2 Å². The van der Waals surface area contributed by atoms with Gasteiger partial charge in [-0.05, 0) is 54.0 Å². The quantitative estimate of drug-likeness (QED) is 0.527. The molecule has 0 unspecified atom stereocenters. The minimum atomic E-state index is -0.924. The molecule has 1 fully saturated rings. The monoisotopic (exact) mass is 566 g/mol. The highest BCUT2D eigenvalue weighted by molar-refractivity contribution is 7.13. The Morgan fingerprint density at radius 1 is 1.13 bits per heavy atom. The van der Waals surface area contributed by atoms with Crippen LogP contribution in [0.2, 0.25) is 0 Å². The van der Waals surface area contributed by atoms with Gasteiger partial charge < -0.3 is 24.8 Å². The number of halogens is 2. The van der Waals surface area contributed by atoms with Crippen LogP contribution >= 0.6 is 11.3 Å². The van der Waals surface area contributed by atoms with E-state index in [-0.39, 0.29) is 35.8 Å². The van der Waals surface area contributed by atoms with E-state index in [1.165, 1.54) is 11.4 Å². The second-order valence-electron chi connectivity index (χ2n) is 11.3. The van der Waals surface area contributed by atoms with E-state index in [1.54, 1.807) is 41.5 Å². The molecule has 4 rings (SSSR count). The molecule has 0 radical (unpaired) electrons. The minimum Gasteiger partial charge on any atom is -0.444 e. The van der Waals surface area contributed by atoms with Crippen molar-refractivity contribution in [1.82, 2.24) is 15.2 Å². The van der Waals surface area contributed by atoms with Crippen molar-refractivity contribution in [3.8, 4) is 10.6 Å². The molecule has 0 spiro atoms. The molecule has 212 valence electrons. The summed E-state index contributed by atoms with van der Waals surface area (Å²) in [5.41, 5.74) is -1.73. The number of fused-ring (bicyclic) bond motifs is 1. The number of nitrogens with one attached hydrogen (secondary N) is 2. The Bertz CT molecular complexity index is 1290. The van der Waals surface area contributed by atoms with Crippen LogP contribution in [0.3, 0.4) is 0 Å². The number of nitrogens with zero attached hydrogens (tertiary/aromatic N) is 2. The minimum absolute atomic E-state index is 0.0440. The molecule has 2 aliphatic heterocycles. The van der Waals surface area contributed by atoms with Crippen LogP contribution in [0.1, 0.15) is 63.9 Å². The van der Waals surface area contributed by atoms with Gasteiger partial charge in [-0.25, -0.2) is 28.3 Å². The molecule has 4 heterocycles. The molecule has 2 N–H and O–H groups in total. The molecule has 1 saturated heterocycles. The number of aromatic nitrogens is 1. The second kappa shape index (κ2) is 10.7. The summed E-state index contributed by atoms with van der Waals surface area (Å²) < 4.78 is 46.1. The van der Waals surface area contributed by atoms with Gasteiger partial charge in [-0.3, -0.25) is 4.79 Å². The second-order valence-corrected chi connectivity index (χ2v) is 12.3. The number of alkyl carbamates (subject to hydrolysis) is 1. The Balaban J connectivity index is 1.68. The summed E-state index contributed by atoms with van der Waals surface area (Å²) in [4.78, 5) is 43.9. The van der Waals surface area contributed by atoms with Crippen molar-refractivity contribution in [3.05, 3.63) is 34.2 Å². The Labute approximate surface area is 229 Å². The number of pyridine rings is 1. The SMILES string of the molecule is CC(C)(C)OC(=O)N[C@H]1COCC[C@H]1Nc1nc(-c2cc(F)cs2)c2c(c1F)CN(C(=O)OC(C)(C)C)C2=O. The van der Waals surface area contributed by atoms with E-state index < -0.39 is 53.0 Å². The van der Waals surface area contributed by atoms with Crippen molar-refractivity contribution >= 4 is 35.2 Å². The highest BCUT2D eigenvalue weighted by atomic mass is 32.1. The summed E-state index contributed by atoms with van der Waals surface area (Å²) in [5, 5.41) is 7.03. The normalized spacial score (nSPS) is 19.5. The lowest BCUT2D eigenvalue weighted by atomic mass is 10.0. The molecule has 3 amide bonds. The lowest BCUT2D eigenvalue weighted by molar-refractivity contribution is 0.0246. The lowest BCUT2D eigenvalue weighted by Gasteiger charge is -2.33. The number of carbonyl (C=O) groups is 3. The third-order valence-corrected chi connectivity index (χ3v) is 6.71. The molecule has 0 saturated carbocycles. The fraction of sp³-hybridized carbons (Fsp3) is 0.538. The Kier molecular flexibility index (Phi) is 7.86. The zero-order chi connectivity index (χ0) is 28.7. The number of carbonyl (C=O) groups excluding carboxylic acids is 3. The van der Waals surface area contributed by atoms with Gasteiger partial charge in [0.1, 0.15) is 17.0 Å². The first-order chi connectivity index (χ1) is 18.1. The molecule has 0 aliphatic carbocycles. The van der Waals surface area contributed by atoms with E-state index in [0.29, 0.717) is 17.9 Å². The summed E-state index contributed by atoms with van der Waals surface area (Å²) in [6.45, 7) is 10.3. The fourth-order valence-electron chi connectivity index (χ4n) is 4.22. The number of hydrogen-bond acceptors (Lipinski definition) is 9. The average Bonchev–Trinajstić information content (AvgIpc) is 3.38. The summed E-state index contributed by atoms with van der Waals surface area (Å²) in [6, 6.07) is 0.114. The van der Waals surface area contributed by atoms with Crippen molar-refractivity contribution in [3.63, 3.8) is 0 Å². The zero-order valence-corrected chi connectivity index (χ0v) is 23.5. The topological polar surface area (TPSA) is 119 Å². The van der Waals surface area contributed by atoms with Crippen molar-refractivity contribution in [2.24, 2.45) is 0 Å². The van der Waals surface area contributed by atoms with Crippen LogP contribution in [0, 0.1) is 11.6 Å². The Hall–Kier alpha value is -3.32. The molecule has 2 aliphatic rings. The molecule has 10 nitrogen and oxygen atoms in total. The van der Waals surface area contributed by atoms with Crippen LogP contribution in [0.25, 0.3) is 10.6 Å². The Morgan fingerprint density at radius 2 is 1.82 bits per heavy atom. The van der Waals surface area contributed by atoms with E-state index in [9.17, 15) is 18.8 Å². The van der Waals surface area contributed by atoms with Gasteiger partial charge in [0.2, 0.25) is 0 Å². The molecule has 0 bridgehead atoms. The number of anilines is 1. The summed E-state index contributed by atoms with van der Waals surface area (Å²) in [7, 11) is 0. The highest BCUT2D eigenvalue weighted by Crippen LogP contribution is 2.39. The maximum atomic E-state index is 15.9. The number of imide groups is 1. The van der Waals surface area contributed by atoms with E-state index in [2.05, 4.69) is 15.6 Å². The van der Waals surface area contributed by atoms with Gasteiger partial charge in [-0.2, -0.15) is 0 Å². The highest BCUT2D eigenvalue weighted by Gasteiger charge is 2.41. The largest absolute Gasteiger partial charge is 0.444 e. The fourth-order valence-corrected chi connectivity index (χ4v) is 4.97. The van der Waals surface area contributed by atoms with Crippen molar-refractivity contribution in [2.75, 3.05) is 18.5 Å². The van der Waals surface area contributed by atoms with Crippen LogP contribution in [-0.4, -0.2) is 64.5 Å². The van der Waals surface area contributed by atoms with E-state index in [4.69, 9.17) is 14.2 Å². The maximum Gasteiger partial charge on any atom is 0.417 e. The summed E-state index contributed by atoms with van der Waals surface area (Å²) in [6.07, 6.45) is -1.17. The van der Waals surface area contributed by atoms with Crippen LogP contribution < -0.4 is 10.6 Å². The molecule has 39 heavy (non-hydrogen) atoms. The van der Waals surface area contributed by atoms with Crippen LogP contribution in [0.5, 0.6) is 0 Å². The number of hydrogen-bond donors (Lipinski definition) is 2. The molecular weight excluding hydrogens is 534 g/mol. The first-order valence-electron chi connectivity index (χ1n) is 12.5. The zero-order valence-electron chi connectivity index (χ0n) is 22.6. The average molecular weight is 567 g/mol. The van der Waals surface area contributed by atoms with Crippen molar-refractivity contribution < 1.29 is 37.4 Å². The van der Waals surface area contributed by atoms with Crippen LogP contribution in [0.4, 0.5) is 24.2 Å². The molecule has 2 aromatic heterocycles. The van der Waals surface area contributed by atoms with E-state index >= 15 is 4.39 Å². The van der Waals surface area contributed by atoms with Gasteiger partial charge in [-0.1, -0.05) is 0 Å². The molecular formula is C26H32F2N4O6S. The van der Waals surface area contributed by atoms with Crippen molar-refractivity contribution in [1.29, 1.82) is 0 Å². The van der Waals surface area contributed by atoms with Gasteiger partial charge in [0, 0.05) is 17.6 Å². The van der Waals surface area contributed by atoms with Crippen LogP contribution in [-0.2, 0) is 20.8 Å².